The number of hydrogen-bond donors (Lipinski definition) is 2. The van der Waals surface area contributed by atoms with Crippen molar-refractivity contribution in [1.29, 1.82) is 0 Å². The van der Waals surface area contributed by atoms with Gasteiger partial charge in [-0.05, 0) is 25.1 Å². The Hall–Kier alpha value is -2.11. The monoisotopic (exact) mass is 301 g/mol. The van der Waals surface area contributed by atoms with E-state index in [4.69, 9.17) is 4.42 Å². The molecule has 0 spiro atoms. The summed E-state index contributed by atoms with van der Waals surface area (Å²) in [6.07, 6.45) is 0. The van der Waals surface area contributed by atoms with Crippen molar-refractivity contribution >= 4 is 28.3 Å². The maximum absolute atomic E-state index is 11.3. The molecule has 0 unspecified atom stereocenters. The third-order valence-corrected chi connectivity index (χ3v) is 4.29. The van der Waals surface area contributed by atoms with E-state index in [1.54, 1.807) is 17.4 Å². The number of carboxylic acids is 1. The lowest BCUT2D eigenvalue weighted by Crippen LogP contribution is -2.13. The third kappa shape index (κ3) is 2.84. The molecule has 1 aromatic carbocycles. The average Bonchev–Trinajstić information content (AvgIpc) is 3.03. The normalized spacial score (nSPS) is 11.1. The van der Waals surface area contributed by atoms with E-state index in [-0.39, 0.29) is 5.76 Å². The Morgan fingerprint density at radius 2 is 2.05 bits per heavy atom. The molecule has 0 radical (unpaired) electrons. The molecule has 0 aliphatic heterocycles. The number of carbonyl (C=O) groups is 1. The fraction of sp³-hybridized carbons (Fsp3) is 0.188. The number of carboxylic acid groups (broad SMARTS) is 1. The van der Waals surface area contributed by atoms with Gasteiger partial charge in [-0.2, -0.15) is 0 Å². The number of benzene rings is 1. The number of nitrogens with one attached hydrogen (secondary N) is 1. The number of fused-ring (bicyclic) bond motifs is 1. The molecular formula is C16H15NO3S. The molecule has 0 atom stereocenters. The van der Waals surface area contributed by atoms with Gasteiger partial charge in [0.05, 0.1) is 0 Å². The summed E-state index contributed by atoms with van der Waals surface area (Å²) in [5.74, 6) is -1.01. The minimum Gasteiger partial charge on any atom is -0.475 e. The van der Waals surface area contributed by atoms with Crippen LogP contribution in [0.4, 0.5) is 0 Å². The van der Waals surface area contributed by atoms with E-state index in [1.165, 1.54) is 9.75 Å². The topological polar surface area (TPSA) is 62.5 Å². The lowest BCUT2D eigenvalue weighted by Gasteiger charge is -2.03. The molecule has 4 nitrogen and oxygen atoms in total. The number of para-hydroxylation sites is 1. The van der Waals surface area contributed by atoms with E-state index >= 15 is 0 Å². The van der Waals surface area contributed by atoms with Crippen molar-refractivity contribution in [1.82, 2.24) is 5.32 Å². The number of hydrogen-bond acceptors (Lipinski definition) is 4. The summed E-state index contributed by atoms with van der Waals surface area (Å²) in [5, 5.41) is 13.4. The molecule has 2 heterocycles. The van der Waals surface area contributed by atoms with Crippen molar-refractivity contribution < 1.29 is 14.3 Å². The van der Waals surface area contributed by atoms with Crippen LogP contribution in [0.5, 0.6) is 0 Å². The quantitative estimate of drug-likeness (QED) is 0.752. The van der Waals surface area contributed by atoms with Crippen molar-refractivity contribution in [2.75, 3.05) is 0 Å². The Balaban J connectivity index is 1.82. The highest BCUT2D eigenvalue weighted by molar-refractivity contribution is 7.11. The molecular weight excluding hydrogens is 286 g/mol. The first-order valence-electron chi connectivity index (χ1n) is 6.65. The van der Waals surface area contributed by atoms with Gasteiger partial charge in [0, 0.05) is 33.8 Å². The molecule has 0 saturated heterocycles. The van der Waals surface area contributed by atoms with Gasteiger partial charge in [0.25, 0.3) is 0 Å². The van der Waals surface area contributed by atoms with Crippen LogP contribution in [-0.2, 0) is 13.1 Å². The van der Waals surface area contributed by atoms with E-state index in [2.05, 4.69) is 24.4 Å². The number of furan rings is 1. The highest BCUT2D eigenvalue weighted by Gasteiger charge is 2.19. The van der Waals surface area contributed by atoms with Crippen LogP contribution in [0.25, 0.3) is 11.0 Å². The van der Waals surface area contributed by atoms with Gasteiger partial charge in [-0.15, -0.1) is 11.3 Å². The minimum absolute atomic E-state index is 0.0195. The van der Waals surface area contributed by atoms with Crippen LogP contribution in [-0.4, -0.2) is 11.1 Å². The van der Waals surface area contributed by atoms with Crippen molar-refractivity contribution in [2.24, 2.45) is 0 Å². The van der Waals surface area contributed by atoms with E-state index in [1.807, 2.05) is 18.2 Å². The molecule has 0 saturated carbocycles. The number of aryl methyl sites for hydroxylation is 1. The molecule has 108 valence electrons. The Bertz CT molecular complexity index is 788. The Labute approximate surface area is 126 Å². The first kappa shape index (κ1) is 13.9. The largest absolute Gasteiger partial charge is 0.475 e. The molecule has 2 aromatic heterocycles. The van der Waals surface area contributed by atoms with Crippen LogP contribution >= 0.6 is 11.3 Å². The van der Waals surface area contributed by atoms with Crippen LogP contribution in [0.15, 0.2) is 40.8 Å². The zero-order chi connectivity index (χ0) is 14.8. The second-order valence-electron chi connectivity index (χ2n) is 4.83. The lowest BCUT2D eigenvalue weighted by atomic mass is 10.1. The molecule has 3 rings (SSSR count). The average molecular weight is 301 g/mol. The number of thiophene rings is 1. The van der Waals surface area contributed by atoms with E-state index in [0.717, 1.165) is 11.9 Å². The molecule has 0 aliphatic rings. The zero-order valence-corrected chi connectivity index (χ0v) is 12.4. The predicted molar refractivity (Wildman–Crippen MR) is 82.8 cm³/mol. The summed E-state index contributed by atoms with van der Waals surface area (Å²) >= 11 is 1.74. The first-order chi connectivity index (χ1) is 10.1. The second-order valence-corrected chi connectivity index (χ2v) is 6.20. The smallest absolute Gasteiger partial charge is 0.372 e. The highest BCUT2D eigenvalue weighted by atomic mass is 32.1. The molecule has 0 amide bonds. The number of aromatic carboxylic acids is 1. The van der Waals surface area contributed by atoms with Crippen LogP contribution in [0.2, 0.25) is 0 Å². The summed E-state index contributed by atoms with van der Waals surface area (Å²) in [6.45, 7) is 3.26. The molecule has 5 heteroatoms. The summed E-state index contributed by atoms with van der Waals surface area (Å²) in [5.41, 5.74) is 1.31. The van der Waals surface area contributed by atoms with E-state index in [9.17, 15) is 9.90 Å². The summed E-state index contributed by atoms with van der Waals surface area (Å²) in [7, 11) is 0. The van der Waals surface area contributed by atoms with Gasteiger partial charge in [-0.1, -0.05) is 18.2 Å². The fourth-order valence-corrected chi connectivity index (χ4v) is 3.20. The Morgan fingerprint density at radius 3 is 2.76 bits per heavy atom. The zero-order valence-electron chi connectivity index (χ0n) is 11.6. The van der Waals surface area contributed by atoms with E-state index in [0.29, 0.717) is 17.7 Å². The Kier molecular flexibility index (Phi) is 3.77. The highest BCUT2D eigenvalue weighted by Crippen LogP contribution is 2.26. The molecule has 0 bridgehead atoms. The van der Waals surface area contributed by atoms with Crippen molar-refractivity contribution in [3.05, 3.63) is 57.5 Å². The molecule has 3 aromatic rings. The number of rotatable bonds is 5. The van der Waals surface area contributed by atoms with Gasteiger partial charge >= 0.3 is 5.97 Å². The second kappa shape index (κ2) is 5.71. The van der Waals surface area contributed by atoms with Gasteiger partial charge in [0.15, 0.2) is 0 Å². The van der Waals surface area contributed by atoms with Crippen LogP contribution in [0, 0.1) is 6.92 Å². The van der Waals surface area contributed by atoms with Gasteiger partial charge in [-0.3, -0.25) is 0 Å². The summed E-state index contributed by atoms with van der Waals surface area (Å²) in [4.78, 5) is 13.8. The molecule has 0 fully saturated rings. The van der Waals surface area contributed by atoms with E-state index < -0.39 is 5.97 Å². The molecule has 21 heavy (non-hydrogen) atoms. The first-order valence-corrected chi connectivity index (χ1v) is 7.46. The minimum atomic E-state index is -1.03. The van der Waals surface area contributed by atoms with Gasteiger partial charge in [-0.25, -0.2) is 4.79 Å². The standard InChI is InChI=1S/C16H15NO3S/c1-10-6-7-11(21-10)8-17-9-13-12-4-2-3-5-14(12)20-15(13)16(18)19/h2-7,17H,8-9H2,1H3,(H,18,19). The maximum Gasteiger partial charge on any atom is 0.372 e. The van der Waals surface area contributed by atoms with Crippen LogP contribution < -0.4 is 5.32 Å². The van der Waals surface area contributed by atoms with Gasteiger partial charge in [0.2, 0.25) is 5.76 Å². The van der Waals surface area contributed by atoms with Crippen molar-refractivity contribution in [2.45, 2.75) is 20.0 Å². The fourth-order valence-electron chi connectivity index (χ4n) is 2.34. The SMILES string of the molecule is Cc1ccc(CNCc2c(C(=O)O)oc3ccccc23)s1. The predicted octanol–water partition coefficient (Wildman–Crippen LogP) is 3.79. The molecule has 2 N–H and O–H groups in total. The van der Waals surface area contributed by atoms with Gasteiger partial charge in [0.1, 0.15) is 5.58 Å². The van der Waals surface area contributed by atoms with Gasteiger partial charge < -0.3 is 14.8 Å². The van der Waals surface area contributed by atoms with Crippen molar-refractivity contribution in [3.8, 4) is 0 Å². The van der Waals surface area contributed by atoms with Crippen LogP contribution in [0.3, 0.4) is 0 Å². The molecule has 0 aliphatic carbocycles. The summed E-state index contributed by atoms with van der Waals surface area (Å²) in [6, 6.07) is 11.6. The third-order valence-electron chi connectivity index (χ3n) is 3.29. The summed E-state index contributed by atoms with van der Waals surface area (Å²) < 4.78 is 5.43. The van der Waals surface area contributed by atoms with Crippen molar-refractivity contribution in [3.63, 3.8) is 0 Å². The Morgan fingerprint density at radius 1 is 1.24 bits per heavy atom. The van der Waals surface area contributed by atoms with Crippen LogP contribution in [0.1, 0.15) is 25.9 Å². The lowest BCUT2D eigenvalue weighted by molar-refractivity contribution is 0.0663. The maximum atomic E-state index is 11.3.